The Hall–Kier alpha value is -3.86. The zero-order chi connectivity index (χ0) is 22.7. The van der Waals surface area contributed by atoms with Crippen molar-refractivity contribution >= 4 is 64.8 Å². The average molecular weight is 475 g/mol. The highest BCUT2D eigenvalue weighted by Crippen LogP contribution is 2.48. The lowest BCUT2D eigenvalue weighted by Crippen LogP contribution is -2.08. The topological polar surface area (TPSA) is 6.48 Å². The van der Waals surface area contributed by atoms with Gasteiger partial charge in [0.25, 0.3) is 0 Å². The first-order valence-electron chi connectivity index (χ1n) is 11.2. The predicted octanol–water partition coefficient (Wildman–Crippen LogP) is 9.90. The van der Waals surface area contributed by atoms with Gasteiger partial charge in [0.2, 0.25) is 0 Å². The summed E-state index contributed by atoms with van der Waals surface area (Å²) in [6.07, 6.45) is 0. The van der Waals surface area contributed by atoms with Gasteiger partial charge in [0, 0.05) is 28.1 Å². The molecule has 0 N–H and O–H groups in total. The summed E-state index contributed by atoms with van der Waals surface area (Å²) in [5.74, 6) is 0. The molecule has 0 saturated heterocycles. The van der Waals surface area contributed by atoms with Crippen LogP contribution in [0.5, 0.6) is 0 Å². The van der Waals surface area contributed by atoms with E-state index < -0.39 is 0 Å². The van der Waals surface area contributed by atoms with E-state index in [9.17, 15) is 0 Å². The van der Waals surface area contributed by atoms with Crippen molar-refractivity contribution in [3.63, 3.8) is 0 Å². The Balaban J connectivity index is 1.44. The molecular formula is C30H22N2S2. The number of hydrogen-bond acceptors (Lipinski definition) is 4. The van der Waals surface area contributed by atoms with Crippen molar-refractivity contribution in [1.82, 2.24) is 0 Å². The molecule has 2 aromatic heterocycles. The minimum Gasteiger partial charge on any atom is -0.302 e. The molecule has 4 aromatic carbocycles. The van der Waals surface area contributed by atoms with Crippen LogP contribution in [0.25, 0.3) is 9.40 Å². The van der Waals surface area contributed by atoms with E-state index in [4.69, 9.17) is 0 Å². The van der Waals surface area contributed by atoms with E-state index in [1.54, 1.807) is 0 Å². The van der Waals surface area contributed by atoms with Gasteiger partial charge in [0.05, 0.1) is 4.01 Å². The third-order valence-electron chi connectivity index (χ3n) is 5.69. The van der Waals surface area contributed by atoms with Crippen molar-refractivity contribution in [2.24, 2.45) is 0 Å². The van der Waals surface area contributed by atoms with Crippen LogP contribution in [-0.2, 0) is 0 Å². The van der Waals surface area contributed by atoms with Crippen molar-refractivity contribution in [2.75, 3.05) is 9.80 Å². The summed E-state index contributed by atoms with van der Waals surface area (Å²) in [6, 6.07) is 47.0. The maximum Gasteiger partial charge on any atom is 0.102 e. The average Bonchev–Trinajstić information content (AvgIpc) is 3.46. The number of hydrogen-bond donors (Lipinski definition) is 0. The van der Waals surface area contributed by atoms with Gasteiger partial charge in [-0.1, -0.05) is 72.8 Å². The summed E-state index contributed by atoms with van der Waals surface area (Å²) in [5.41, 5.74) is 4.66. The highest BCUT2D eigenvalue weighted by molar-refractivity contribution is 7.41. The van der Waals surface area contributed by atoms with Crippen molar-refractivity contribution in [3.05, 3.63) is 133 Å². The van der Waals surface area contributed by atoms with Crippen molar-refractivity contribution in [3.8, 4) is 0 Å². The van der Waals surface area contributed by atoms with Gasteiger partial charge in [-0.2, -0.15) is 0 Å². The first-order valence-corrected chi connectivity index (χ1v) is 12.8. The van der Waals surface area contributed by atoms with Gasteiger partial charge in [0.15, 0.2) is 0 Å². The number of thiophene rings is 2. The molecule has 0 aliphatic rings. The van der Waals surface area contributed by atoms with Crippen LogP contribution in [-0.4, -0.2) is 0 Å². The van der Waals surface area contributed by atoms with Gasteiger partial charge in [-0.25, -0.2) is 0 Å². The third kappa shape index (κ3) is 3.98. The van der Waals surface area contributed by atoms with Gasteiger partial charge < -0.3 is 9.80 Å². The van der Waals surface area contributed by atoms with E-state index in [1.807, 2.05) is 22.7 Å². The Labute approximate surface area is 207 Å². The maximum absolute atomic E-state index is 2.34. The van der Waals surface area contributed by atoms with Gasteiger partial charge in [-0.05, 0) is 60.7 Å². The number of fused-ring (bicyclic) bond motifs is 1. The van der Waals surface area contributed by atoms with Crippen LogP contribution in [0.4, 0.5) is 32.8 Å². The van der Waals surface area contributed by atoms with Crippen molar-refractivity contribution < 1.29 is 0 Å². The molecular weight excluding hydrogens is 452 g/mol. The fourth-order valence-corrected chi connectivity index (χ4v) is 6.66. The van der Waals surface area contributed by atoms with E-state index in [-0.39, 0.29) is 0 Å². The first-order chi connectivity index (χ1) is 16.9. The maximum atomic E-state index is 2.34. The molecule has 164 valence electrons. The lowest BCUT2D eigenvalue weighted by molar-refractivity contribution is 1.31. The van der Waals surface area contributed by atoms with E-state index >= 15 is 0 Å². The molecule has 34 heavy (non-hydrogen) atoms. The van der Waals surface area contributed by atoms with Crippen LogP contribution in [0.3, 0.4) is 0 Å². The molecule has 0 radical (unpaired) electrons. The Kier molecular flexibility index (Phi) is 5.60. The van der Waals surface area contributed by atoms with Gasteiger partial charge in [0.1, 0.15) is 10.0 Å². The molecule has 0 spiro atoms. The number of para-hydroxylation sites is 4. The second-order valence-corrected chi connectivity index (χ2v) is 10.2. The Morgan fingerprint density at radius 1 is 0.382 bits per heavy atom. The van der Waals surface area contributed by atoms with Crippen LogP contribution in [0, 0.1) is 0 Å². The van der Waals surface area contributed by atoms with Crippen LogP contribution in [0.2, 0.25) is 0 Å². The van der Waals surface area contributed by atoms with Crippen LogP contribution in [0.15, 0.2) is 133 Å². The molecule has 6 aromatic rings. The molecule has 0 saturated carbocycles. The van der Waals surface area contributed by atoms with Gasteiger partial charge in [-0.15, -0.1) is 22.7 Å². The summed E-state index contributed by atoms with van der Waals surface area (Å²) in [4.78, 5) is 4.67. The molecule has 6 rings (SSSR count). The quantitative estimate of drug-likeness (QED) is 0.237. The second kappa shape index (κ2) is 9.18. The lowest BCUT2D eigenvalue weighted by atomic mass is 10.2. The zero-order valence-electron chi connectivity index (χ0n) is 18.4. The predicted molar refractivity (Wildman–Crippen MR) is 149 cm³/mol. The number of rotatable bonds is 6. The van der Waals surface area contributed by atoms with E-state index in [0.717, 1.165) is 22.7 Å². The van der Waals surface area contributed by atoms with E-state index in [1.165, 1.54) is 19.4 Å². The van der Waals surface area contributed by atoms with E-state index in [2.05, 4.69) is 143 Å². The molecule has 0 aliphatic carbocycles. The Morgan fingerprint density at radius 3 is 0.941 bits per heavy atom. The number of benzene rings is 4. The fraction of sp³-hybridized carbons (Fsp3) is 0. The first kappa shape index (κ1) is 20.7. The molecule has 0 amide bonds. The fourth-order valence-electron chi connectivity index (χ4n) is 4.15. The summed E-state index contributed by atoms with van der Waals surface area (Å²) in [7, 11) is 0. The Bertz CT molecular complexity index is 1270. The lowest BCUT2D eigenvalue weighted by Gasteiger charge is -2.24. The summed E-state index contributed by atoms with van der Waals surface area (Å²) in [5, 5.41) is 3.71. The zero-order valence-corrected chi connectivity index (χ0v) is 20.0. The highest BCUT2D eigenvalue weighted by atomic mass is 32.2. The van der Waals surface area contributed by atoms with Crippen molar-refractivity contribution in [2.45, 2.75) is 0 Å². The molecule has 0 atom stereocenters. The molecule has 2 heterocycles. The second-order valence-electron chi connectivity index (χ2n) is 7.93. The largest absolute Gasteiger partial charge is 0.302 e. The minimum absolute atomic E-state index is 1.16. The normalized spacial score (nSPS) is 10.9. The van der Waals surface area contributed by atoms with Gasteiger partial charge in [-0.3, -0.25) is 0 Å². The smallest absolute Gasteiger partial charge is 0.102 e. The molecule has 2 nitrogen and oxygen atoms in total. The van der Waals surface area contributed by atoms with Crippen LogP contribution in [0.1, 0.15) is 0 Å². The molecule has 4 heteroatoms. The summed E-state index contributed by atoms with van der Waals surface area (Å²) >= 11 is 3.68. The monoisotopic (exact) mass is 474 g/mol. The van der Waals surface area contributed by atoms with Crippen LogP contribution < -0.4 is 9.80 Å². The molecule has 0 fully saturated rings. The molecule has 0 unspecified atom stereocenters. The summed E-state index contributed by atoms with van der Waals surface area (Å²) < 4.78 is 1.32. The van der Waals surface area contributed by atoms with Gasteiger partial charge >= 0.3 is 0 Å². The minimum atomic E-state index is 1.16. The highest BCUT2D eigenvalue weighted by Gasteiger charge is 2.19. The summed E-state index contributed by atoms with van der Waals surface area (Å²) in [6.45, 7) is 0. The third-order valence-corrected chi connectivity index (χ3v) is 8.05. The van der Waals surface area contributed by atoms with E-state index in [0.29, 0.717) is 0 Å². The SMILES string of the molecule is c1ccc(N(c2ccccc2)c2cc3cc(N(c4ccccc4)c4ccccc4)sc3s2)cc1. The van der Waals surface area contributed by atoms with Crippen molar-refractivity contribution in [1.29, 1.82) is 0 Å². The van der Waals surface area contributed by atoms with Crippen LogP contribution >= 0.6 is 22.7 Å². The number of nitrogens with zero attached hydrogens (tertiary/aromatic N) is 2. The standard InChI is InChI=1S/C30H22N2S2/c1-5-13-24(14-6-1)31(25-15-7-2-8-16-25)28-21-23-22-29(34-30(23)33-28)32(26-17-9-3-10-18-26)27-19-11-4-12-20-27/h1-22H. The number of anilines is 6. The molecule has 0 bridgehead atoms. The Morgan fingerprint density at radius 2 is 0.676 bits per heavy atom. The molecule has 0 aliphatic heterocycles.